The maximum absolute atomic E-state index is 13.2. The van der Waals surface area contributed by atoms with Gasteiger partial charge < -0.3 is 19.4 Å². The lowest BCUT2D eigenvalue weighted by Gasteiger charge is -2.32. The average molecular weight is 496 g/mol. The van der Waals surface area contributed by atoms with Crippen LogP contribution in [0.4, 0.5) is 5.69 Å². The minimum atomic E-state index is -0.101. The number of halogens is 1. The number of carbonyl (C=O) groups is 2. The number of fused-ring (bicyclic) bond motifs is 3. The van der Waals surface area contributed by atoms with Crippen molar-refractivity contribution in [3.63, 3.8) is 0 Å². The summed E-state index contributed by atoms with van der Waals surface area (Å²) in [4.78, 5) is 33.7. The number of hydrogen-bond donors (Lipinski definition) is 0. The molecule has 0 bridgehead atoms. The molecule has 2 aliphatic rings. The summed E-state index contributed by atoms with van der Waals surface area (Å²) in [6.07, 6.45) is 0.700. The van der Waals surface area contributed by atoms with E-state index in [9.17, 15) is 9.59 Å². The number of ether oxygens (including phenoxy) is 1. The van der Waals surface area contributed by atoms with E-state index < -0.39 is 0 Å². The Labute approximate surface area is 208 Å². The van der Waals surface area contributed by atoms with Crippen LogP contribution in [-0.4, -0.2) is 68.5 Å². The van der Waals surface area contributed by atoms with E-state index in [-0.39, 0.29) is 11.8 Å². The first-order valence-electron chi connectivity index (χ1n) is 11.3. The molecule has 1 saturated heterocycles. The van der Waals surface area contributed by atoms with Crippen LogP contribution in [0.5, 0.6) is 5.75 Å². The summed E-state index contributed by atoms with van der Waals surface area (Å²) in [5, 5.41) is 0.535. The predicted octanol–water partition coefficient (Wildman–Crippen LogP) is 4.67. The van der Waals surface area contributed by atoms with E-state index in [0.29, 0.717) is 39.9 Å². The number of nitrogens with zero attached hydrogens (tertiary/aromatic N) is 3. The molecule has 3 aromatic rings. The molecule has 2 aliphatic heterocycles. The Morgan fingerprint density at radius 3 is 2.59 bits per heavy atom. The van der Waals surface area contributed by atoms with Crippen molar-refractivity contribution in [1.82, 2.24) is 9.80 Å². The monoisotopic (exact) mass is 495 g/mol. The maximum atomic E-state index is 13.2. The van der Waals surface area contributed by atoms with E-state index in [1.807, 2.05) is 47.4 Å². The van der Waals surface area contributed by atoms with Gasteiger partial charge in [0.05, 0.1) is 22.2 Å². The summed E-state index contributed by atoms with van der Waals surface area (Å²) in [7, 11) is 3.81. The number of hydrogen-bond acceptors (Lipinski definition) is 5. The van der Waals surface area contributed by atoms with Crippen LogP contribution in [0.25, 0.3) is 10.4 Å². The van der Waals surface area contributed by atoms with Gasteiger partial charge in [0.15, 0.2) is 0 Å². The highest BCUT2D eigenvalue weighted by Gasteiger charge is 2.26. The van der Waals surface area contributed by atoms with Crippen molar-refractivity contribution in [2.45, 2.75) is 6.42 Å². The third-order valence-corrected chi connectivity index (χ3v) is 7.95. The molecule has 0 radical (unpaired) electrons. The second-order valence-corrected chi connectivity index (χ2v) is 10.1. The van der Waals surface area contributed by atoms with Gasteiger partial charge in [-0.1, -0.05) is 23.7 Å². The Morgan fingerprint density at radius 1 is 1.06 bits per heavy atom. The van der Waals surface area contributed by atoms with Crippen molar-refractivity contribution in [1.29, 1.82) is 0 Å². The Balaban J connectivity index is 1.42. The third kappa shape index (κ3) is 4.31. The van der Waals surface area contributed by atoms with E-state index in [4.69, 9.17) is 16.3 Å². The summed E-state index contributed by atoms with van der Waals surface area (Å²) >= 11 is 7.76. The summed E-state index contributed by atoms with van der Waals surface area (Å²) < 4.78 is 6.03. The van der Waals surface area contributed by atoms with Crippen LogP contribution >= 0.6 is 22.9 Å². The van der Waals surface area contributed by atoms with E-state index in [1.165, 1.54) is 11.3 Å². The standard InChI is InChI=1S/C26H26ClN3O3S/c1-28-10-12-30(13-11-28)25(31)18-7-8-19-22(15-18)33-14-9-17-16-23(34-24(17)19)26(32)29(2)21-6-4-3-5-20(21)27/h3-8,15-16H,9-14H2,1-2H3. The van der Waals surface area contributed by atoms with E-state index in [2.05, 4.69) is 11.9 Å². The fraction of sp³-hybridized carbons (Fsp3) is 0.308. The Morgan fingerprint density at radius 2 is 1.82 bits per heavy atom. The Bertz CT molecular complexity index is 1250. The first kappa shape index (κ1) is 22.9. The molecule has 0 atom stereocenters. The van der Waals surface area contributed by atoms with Gasteiger partial charge in [-0.05, 0) is 49.0 Å². The van der Waals surface area contributed by atoms with Crippen LogP contribution < -0.4 is 9.64 Å². The normalized spacial score (nSPS) is 15.7. The molecule has 176 valence electrons. The minimum Gasteiger partial charge on any atom is -0.493 e. The first-order valence-corrected chi connectivity index (χ1v) is 12.5. The fourth-order valence-electron chi connectivity index (χ4n) is 4.37. The number of benzene rings is 2. The summed E-state index contributed by atoms with van der Waals surface area (Å²) in [5.74, 6) is 0.627. The number of anilines is 1. The van der Waals surface area contributed by atoms with Crippen LogP contribution in [0.2, 0.25) is 5.02 Å². The molecule has 0 saturated carbocycles. The van der Waals surface area contributed by atoms with Gasteiger partial charge in [0.25, 0.3) is 11.8 Å². The molecule has 8 heteroatoms. The Kier molecular flexibility index (Phi) is 6.34. The van der Waals surface area contributed by atoms with Crippen LogP contribution in [0.15, 0.2) is 48.5 Å². The van der Waals surface area contributed by atoms with Gasteiger partial charge in [0.2, 0.25) is 0 Å². The molecule has 0 spiro atoms. The zero-order valence-electron chi connectivity index (χ0n) is 19.2. The molecule has 34 heavy (non-hydrogen) atoms. The molecule has 3 heterocycles. The zero-order valence-corrected chi connectivity index (χ0v) is 20.8. The van der Waals surface area contributed by atoms with E-state index in [1.54, 1.807) is 18.0 Å². The topological polar surface area (TPSA) is 53.1 Å². The van der Waals surface area contributed by atoms with Gasteiger partial charge in [-0.2, -0.15) is 0 Å². The smallest absolute Gasteiger partial charge is 0.268 e. The molecular formula is C26H26ClN3O3S. The molecule has 1 aromatic heterocycles. The molecule has 1 fully saturated rings. The summed E-state index contributed by atoms with van der Waals surface area (Å²) in [6, 6.07) is 14.9. The van der Waals surface area contributed by atoms with Crippen molar-refractivity contribution >= 4 is 40.4 Å². The van der Waals surface area contributed by atoms with E-state index in [0.717, 1.165) is 42.2 Å². The van der Waals surface area contributed by atoms with Gasteiger partial charge >= 0.3 is 0 Å². The molecular weight excluding hydrogens is 470 g/mol. The van der Waals surface area contributed by atoms with Gasteiger partial charge in [0, 0.05) is 55.7 Å². The molecule has 0 aliphatic carbocycles. The van der Waals surface area contributed by atoms with E-state index >= 15 is 0 Å². The fourth-order valence-corrected chi connectivity index (χ4v) is 5.85. The number of amides is 2. The minimum absolute atomic E-state index is 0.0346. The lowest BCUT2D eigenvalue weighted by Crippen LogP contribution is -2.47. The second-order valence-electron chi connectivity index (χ2n) is 8.69. The molecule has 5 rings (SSSR count). The van der Waals surface area contributed by atoms with Gasteiger partial charge in [-0.15, -0.1) is 11.3 Å². The van der Waals surface area contributed by atoms with Crippen molar-refractivity contribution in [3.05, 3.63) is 69.6 Å². The summed E-state index contributed by atoms with van der Waals surface area (Å²) in [6.45, 7) is 3.72. The van der Waals surface area contributed by atoms with Crippen molar-refractivity contribution in [3.8, 4) is 16.2 Å². The molecule has 0 N–H and O–H groups in total. The highest BCUT2D eigenvalue weighted by atomic mass is 35.5. The quantitative estimate of drug-likeness (QED) is 0.530. The maximum Gasteiger partial charge on any atom is 0.268 e. The average Bonchev–Trinajstić information content (AvgIpc) is 3.19. The molecule has 2 amide bonds. The van der Waals surface area contributed by atoms with Gasteiger partial charge in [0.1, 0.15) is 5.75 Å². The highest BCUT2D eigenvalue weighted by Crippen LogP contribution is 2.42. The lowest BCUT2D eigenvalue weighted by atomic mass is 10.0. The van der Waals surface area contributed by atoms with Crippen LogP contribution in [-0.2, 0) is 6.42 Å². The highest BCUT2D eigenvalue weighted by molar-refractivity contribution is 7.17. The number of carbonyl (C=O) groups excluding carboxylic acids is 2. The number of thiophene rings is 1. The van der Waals surface area contributed by atoms with Crippen LogP contribution in [0, 0.1) is 0 Å². The molecule has 6 nitrogen and oxygen atoms in total. The van der Waals surface area contributed by atoms with Gasteiger partial charge in [-0.25, -0.2) is 0 Å². The number of rotatable bonds is 3. The number of piperazine rings is 1. The number of likely N-dealkylation sites (N-methyl/N-ethyl adjacent to an activating group) is 1. The van der Waals surface area contributed by atoms with Crippen molar-refractivity contribution in [2.75, 3.05) is 51.8 Å². The molecule has 0 unspecified atom stereocenters. The predicted molar refractivity (Wildman–Crippen MR) is 137 cm³/mol. The van der Waals surface area contributed by atoms with Crippen molar-refractivity contribution in [2.24, 2.45) is 0 Å². The Hall–Kier alpha value is -2.87. The lowest BCUT2D eigenvalue weighted by molar-refractivity contribution is 0.0663. The third-order valence-electron chi connectivity index (χ3n) is 6.43. The zero-order chi connectivity index (χ0) is 23.8. The first-order chi connectivity index (χ1) is 16.4. The SMILES string of the molecule is CN1CCN(C(=O)c2ccc3c(c2)OCCc2cc(C(=O)N(C)c4ccccc4Cl)sc2-3)CC1. The summed E-state index contributed by atoms with van der Waals surface area (Å²) in [5.41, 5.74) is 3.32. The number of para-hydroxylation sites is 1. The van der Waals surface area contributed by atoms with Crippen LogP contribution in [0.1, 0.15) is 25.6 Å². The van der Waals surface area contributed by atoms with Crippen LogP contribution in [0.3, 0.4) is 0 Å². The molecule has 2 aromatic carbocycles. The van der Waals surface area contributed by atoms with Crippen molar-refractivity contribution < 1.29 is 14.3 Å². The van der Waals surface area contributed by atoms with Gasteiger partial charge in [-0.3, -0.25) is 9.59 Å². The second kappa shape index (κ2) is 9.41. The largest absolute Gasteiger partial charge is 0.493 e.